The lowest BCUT2D eigenvalue weighted by atomic mass is 10.0. The van der Waals surface area contributed by atoms with Gasteiger partial charge in [-0.15, -0.1) is 0 Å². The summed E-state index contributed by atoms with van der Waals surface area (Å²) in [5, 5.41) is 9.10. The molecule has 21 heavy (non-hydrogen) atoms. The fraction of sp³-hybridized carbons (Fsp3) is 0.750. The highest BCUT2D eigenvalue weighted by molar-refractivity contribution is 5.06. The van der Waals surface area contributed by atoms with E-state index in [2.05, 4.69) is 9.80 Å². The minimum absolute atomic E-state index is 0.0167. The van der Waals surface area contributed by atoms with Crippen LogP contribution in [0.2, 0.25) is 0 Å². The molecule has 5 nitrogen and oxygen atoms in total. The van der Waals surface area contributed by atoms with Gasteiger partial charge in [0.05, 0.1) is 19.8 Å². The Kier molecular flexibility index (Phi) is 5.30. The van der Waals surface area contributed by atoms with Crippen LogP contribution in [0.1, 0.15) is 30.8 Å². The second kappa shape index (κ2) is 7.40. The van der Waals surface area contributed by atoms with Gasteiger partial charge in [0, 0.05) is 25.7 Å². The molecule has 2 aliphatic heterocycles. The van der Waals surface area contributed by atoms with Crippen LogP contribution in [-0.4, -0.2) is 60.3 Å². The molecule has 3 heterocycles. The van der Waals surface area contributed by atoms with Crippen molar-refractivity contribution in [1.82, 2.24) is 9.80 Å². The van der Waals surface area contributed by atoms with Crippen LogP contribution in [0.15, 0.2) is 16.5 Å². The molecule has 2 aliphatic rings. The Labute approximate surface area is 126 Å². The first-order valence-electron chi connectivity index (χ1n) is 8.08. The van der Waals surface area contributed by atoms with E-state index in [0.29, 0.717) is 11.8 Å². The summed E-state index contributed by atoms with van der Waals surface area (Å²) in [5.74, 6) is 1.62. The summed E-state index contributed by atoms with van der Waals surface area (Å²) in [4.78, 5) is 5.06. The normalized spacial score (nSPS) is 25.3. The van der Waals surface area contributed by atoms with Gasteiger partial charge < -0.3 is 14.3 Å². The van der Waals surface area contributed by atoms with E-state index in [9.17, 15) is 0 Å². The van der Waals surface area contributed by atoms with Crippen LogP contribution < -0.4 is 0 Å². The van der Waals surface area contributed by atoms with E-state index in [1.54, 1.807) is 0 Å². The van der Waals surface area contributed by atoms with E-state index in [1.165, 1.54) is 19.3 Å². The standard InChI is InChI=1S/C16H26N2O3/c19-13-16-5-4-15(21-16)12-18-6-2-1-3-14(18)11-17-7-9-20-10-8-17/h4-5,14,19H,1-3,6-13H2/t14-/m0/s1. The zero-order valence-electron chi connectivity index (χ0n) is 12.7. The maximum Gasteiger partial charge on any atom is 0.129 e. The van der Waals surface area contributed by atoms with Gasteiger partial charge >= 0.3 is 0 Å². The Morgan fingerprint density at radius 3 is 2.67 bits per heavy atom. The average Bonchev–Trinajstić information content (AvgIpc) is 2.98. The summed E-state index contributed by atoms with van der Waals surface area (Å²) < 4.78 is 11.1. The molecule has 0 unspecified atom stereocenters. The molecule has 0 saturated carbocycles. The highest BCUT2D eigenvalue weighted by Crippen LogP contribution is 2.22. The fourth-order valence-corrected chi connectivity index (χ4v) is 3.35. The number of ether oxygens (including phenoxy) is 1. The minimum atomic E-state index is -0.0167. The van der Waals surface area contributed by atoms with Crippen LogP contribution in [0, 0.1) is 0 Å². The lowest BCUT2D eigenvalue weighted by molar-refractivity contribution is 0.0141. The van der Waals surface area contributed by atoms with Gasteiger partial charge in [-0.1, -0.05) is 6.42 Å². The summed E-state index contributed by atoms with van der Waals surface area (Å²) in [7, 11) is 0. The molecule has 1 atom stereocenters. The third-order valence-corrected chi connectivity index (χ3v) is 4.55. The predicted molar refractivity (Wildman–Crippen MR) is 79.9 cm³/mol. The first-order valence-corrected chi connectivity index (χ1v) is 8.08. The summed E-state index contributed by atoms with van der Waals surface area (Å²) in [6.07, 6.45) is 3.86. The number of likely N-dealkylation sites (tertiary alicyclic amines) is 1. The van der Waals surface area contributed by atoms with Gasteiger partial charge in [-0.05, 0) is 31.5 Å². The van der Waals surface area contributed by atoms with Crippen LogP contribution in [0.3, 0.4) is 0 Å². The summed E-state index contributed by atoms with van der Waals surface area (Å²) in [6.45, 7) is 6.96. The Morgan fingerprint density at radius 2 is 1.90 bits per heavy atom. The van der Waals surface area contributed by atoms with Crippen molar-refractivity contribution in [2.45, 2.75) is 38.5 Å². The van der Waals surface area contributed by atoms with Crippen molar-refractivity contribution < 1.29 is 14.3 Å². The first-order chi connectivity index (χ1) is 10.3. The molecule has 2 saturated heterocycles. The number of rotatable bonds is 5. The second-order valence-corrected chi connectivity index (χ2v) is 6.06. The van der Waals surface area contributed by atoms with Crippen LogP contribution in [0.5, 0.6) is 0 Å². The number of hydrogen-bond donors (Lipinski definition) is 1. The number of aliphatic hydroxyl groups excluding tert-OH is 1. The van der Waals surface area contributed by atoms with Crippen molar-refractivity contribution in [2.24, 2.45) is 0 Å². The molecule has 0 spiro atoms. The van der Waals surface area contributed by atoms with Crippen LogP contribution >= 0.6 is 0 Å². The predicted octanol–water partition coefficient (Wildman–Crippen LogP) is 1.46. The van der Waals surface area contributed by atoms with Crippen LogP contribution in [0.25, 0.3) is 0 Å². The molecule has 0 radical (unpaired) electrons. The molecule has 0 bridgehead atoms. The van der Waals surface area contributed by atoms with Gasteiger partial charge in [-0.2, -0.15) is 0 Å². The van der Waals surface area contributed by atoms with Gasteiger partial charge in [0.2, 0.25) is 0 Å². The smallest absolute Gasteiger partial charge is 0.129 e. The van der Waals surface area contributed by atoms with Crippen molar-refractivity contribution in [3.63, 3.8) is 0 Å². The van der Waals surface area contributed by atoms with Crippen molar-refractivity contribution >= 4 is 0 Å². The maximum absolute atomic E-state index is 9.10. The maximum atomic E-state index is 9.10. The lowest BCUT2D eigenvalue weighted by Gasteiger charge is -2.39. The number of hydrogen-bond acceptors (Lipinski definition) is 5. The number of morpholine rings is 1. The SMILES string of the molecule is OCc1ccc(CN2CCCC[C@H]2CN2CCOCC2)o1. The van der Waals surface area contributed by atoms with E-state index in [0.717, 1.165) is 51.7 Å². The highest BCUT2D eigenvalue weighted by Gasteiger charge is 2.26. The van der Waals surface area contributed by atoms with Crippen LogP contribution in [0.4, 0.5) is 0 Å². The van der Waals surface area contributed by atoms with Gasteiger partial charge in [0.15, 0.2) is 0 Å². The average molecular weight is 294 g/mol. The lowest BCUT2D eigenvalue weighted by Crippen LogP contribution is -2.49. The third kappa shape index (κ3) is 4.07. The molecule has 3 rings (SSSR count). The Bertz CT molecular complexity index is 429. The second-order valence-electron chi connectivity index (χ2n) is 6.06. The molecule has 2 fully saturated rings. The van der Waals surface area contributed by atoms with E-state index in [4.69, 9.17) is 14.3 Å². The number of furan rings is 1. The molecule has 1 aromatic rings. The Balaban J connectivity index is 1.57. The minimum Gasteiger partial charge on any atom is -0.462 e. The zero-order chi connectivity index (χ0) is 14.5. The van der Waals surface area contributed by atoms with Crippen LogP contribution in [-0.2, 0) is 17.9 Å². The summed E-state index contributed by atoms with van der Waals surface area (Å²) in [5.41, 5.74) is 0. The number of aliphatic hydroxyl groups is 1. The van der Waals surface area contributed by atoms with E-state index in [-0.39, 0.29) is 6.61 Å². The zero-order valence-corrected chi connectivity index (χ0v) is 12.7. The van der Waals surface area contributed by atoms with Crippen molar-refractivity contribution in [1.29, 1.82) is 0 Å². The van der Waals surface area contributed by atoms with Crippen molar-refractivity contribution in [3.05, 3.63) is 23.7 Å². The largest absolute Gasteiger partial charge is 0.462 e. The molecule has 1 aromatic heterocycles. The quantitative estimate of drug-likeness (QED) is 0.891. The third-order valence-electron chi connectivity index (χ3n) is 4.55. The fourth-order valence-electron chi connectivity index (χ4n) is 3.35. The number of nitrogens with zero attached hydrogens (tertiary/aromatic N) is 2. The molecule has 0 aliphatic carbocycles. The molecule has 0 aromatic carbocycles. The van der Waals surface area contributed by atoms with E-state index >= 15 is 0 Å². The summed E-state index contributed by atoms with van der Waals surface area (Å²) >= 11 is 0. The highest BCUT2D eigenvalue weighted by atomic mass is 16.5. The van der Waals surface area contributed by atoms with E-state index in [1.807, 2.05) is 12.1 Å². The number of piperidine rings is 1. The van der Waals surface area contributed by atoms with Gasteiger partial charge in [0.25, 0.3) is 0 Å². The van der Waals surface area contributed by atoms with E-state index < -0.39 is 0 Å². The molecular weight excluding hydrogens is 268 g/mol. The topological polar surface area (TPSA) is 49.1 Å². The van der Waals surface area contributed by atoms with Gasteiger partial charge in [-0.25, -0.2) is 0 Å². The Morgan fingerprint density at radius 1 is 1.10 bits per heavy atom. The molecule has 5 heteroatoms. The summed E-state index contributed by atoms with van der Waals surface area (Å²) in [6, 6.07) is 4.47. The van der Waals surface area contributed by atoms with Crippen molar-refractivity contribution in [2.75, 3.05) is 39.4 Å². The monoisotopic (exact) mass is 294 g/mol. The Hall–Kier alpha value is -0.880. The molecule has 1 N–H and O–H groups in total. The molecule has 118 valence electrons. The van der Waals surface area contributed by atoms with Gasteiger partial charge in [-0.3, -0.25) is 9.80 Å². The van der Waals surface area contributed by atoms with Crippen molar-refractivity contribution in [3.8, 4) is 0 Å². The molecular formula is C16H26N2O3. The van der Waals surface area contributed by atoms with Gasteiger partial charge in [0.1, 0.15) is 18.1 Å². The molecule has 0 amide bonds. The first kappa shape index (κ1) is 15.0.